The molecule has 0 fully saturated rings. The Balaban J connectivity index is 1.20. The number of hydrogen-bond acceptors (Lipinski definition) is 2. The van der Waals surface area contributed by atoms with E-state index in [1.54, 1.807) is 18.2 Å². The Kier molecular flexibility index (Phi) is 5.92. The first kappa shape index (κ1) is 26.1. The summed E-state index contributed by atoms with van der Waals surface area (Å²) in [5.74, 6) is 0. The van der Waals surface area contributed by atoms with Crippen molar-refractivity contribution >= 4 is 82.4 Å². The van der Waals surface area contributed by atoms with Crippen LogP contribution < -0.4 is 4.90 Å². The Morgan fingerprint density at radius 3 is 1.98 bits per heavy atom. The minimum atomic E-state index is -0.483. The molecule has 0 amide bonds. The average Bonchev–Trinajstić information content (AvgIpc) is 3.92. The molecule has 2 heterocycles. The van der Waals surface area contributed by atoms with Crippen LogP contribution in [0.2, 0.25) is 0 Å². The molecule has 0 unspecified atom stereocenters. The van der Waals surface area contributed by atoms with Crippen molar-refractivity contribution in [3.63, 3.8) is 0 Å². The second kappa shape index (κ2) is 13.4. The summed E-state index contributed by atoms with van der Waals surface area (Å²) in [5, 5.41) is 6.30. The van der Waals surface area contributed by atoms with Crippen LogP contribution in [0.25, 0.3) is 93.2 Å². The van der Waals surface area contributed by atoms with Crippen molar-refractivity contribution in [2.45, 2.75) is 0 Å². The zero-order valence-electron chi connectivity index (χ0n) is 39.5. The maximum Gasteiger partial charge on any atom is 0.143 e. The molecule has 0 spiro atoms. The van der Waals surface area contributed by atoms with Gasteiger partial charge >= 0.3 is 0 Å². The quantitative estimate of drug-likeness (QED) is 0.168. The average molecular weight is 761 g/mol. The van der Waals surface area contributed by atoms with E-state index in [2.05, 4.69) is 4.57 Å². The number of nitrogens with zero attached hydrogens (tertiary/aromatic N) is 2. The van der Waals surface area contributed by atoms with Gasteiger partial charge in [0.2, 0.25) is 0 Å². The number of furan rings is 1. The minimum absolute atomic E-state index is 0.0837. The standard InChI is InChI=1S/C56H36N2O/c1-2-18-41(19-3-1)58-50-26-9-8-23-48(50)54-46(25-12-27-51(54)58)40-17-10-20-43(36-40)57(42-33-30-39(31-34-42)45-24-11-16-37-14-4-6-21-44(37)45)52-28-13-29-53-55(52)49-35-32-38-15-5-7-22-47(38)56(49)59-53/h1-36H/i10D,17D,20D,30D,31D,33D,34D,36D. The summed E-state index contributed by atoms with van der Waals surface area (Å²) in [6, 6.07) is 50.7. The van der Waals surface area contributed by atoms with E-state index in [1.165, 1.54) is 4.90 Å². The summed E-state index contributed by atoms with van der Waals surface area (Å²) < 4.78 is 86.9. The maximum atomic E-state index is 10.3. The molecule has 3 nitrogen and oxygen atoms in total. The predicted octanol–water partition coefficient (Wildman–Crippen LogP) is 15.8. The van der Waals surface area contributed by atoms with Crippen LogP contribution in [0.3, 0.4) is 0 Å². The molecule has 0 aliphatic heterocycles. The monoisotopic (exact) mass is 760 g/mol. The van der Waals surface area contributed by atoms with Crippen molar-refractivity contribution in [2.75, 3.05) is 4.90 Å². The summed E-state index contributed by atoms with van der Waals surface area (Å²) in [6.45, 7) is 0. The molecule has 276 valence electrons. The van der Waals surface area contributed by atoms with Gasteiger partial charge in [0.05, 0.1) is 33.1 Å². The second-order valence-electron chi connectivity index (χ2n) is 14.6. The Labute approximate surface area is 352 Å². The number of fused-ring (bicyclic) bond motifs is 9. The van der Waals surface area contributed by atoms with E-state index in [0.717, 1.165) is 49.0 Å². The van der Waals surface area contributed by atoms with Crippen molar-refractivity contribution in [1.82, 2.24) is 4.57 Å². The van der Waals surface area contributed by atoms with Gasteiger partial charge in [-0.3, -0.25) is 0 Å². The van der Waals surface area contributed by atoms with Gasteiger partial charge < -0.3 is 13.9 Å². The van der Waals surface area contributed by atoms with E-state index in [1.807, 2.05) is 152 Å². The van der Waals surface area contributed by atoms with E-state index < -0.39 is 24.2 Å². The predicted molar refractivity (Wildman–Crippen MR) is 249 cm³/mol. The first-order chi connectivity index (χ1) is 32.6. The second-order valence-corrected chi connectivity index (χ2v) is 14.6. The Morgan fingerprint density at radius 1 is 0.441 bits per heavy atom. The van der Waals surface area contributed by atoms with Crippen molar-refractivity contribution in [3.05, 3.63) is 218 Å². The summed E-state index contributed by atoms with van der Waals surface area (Å²) in [6.07, 6.45) is 0. The third-order valence-corrected chi connectivity index (χ3v) is 11.3. The van der Waals surface area contributed by atoms with Gasteiger partial charge in [-0.05, 0) is 105 Å². The van der Waals surface area contributed by atoms with E-state index in [-0.39, 0.29) is 46.7 Å². The van der Waals surface area contributed by atoms with E-state index in [0.29, 0.717) is 38.8 Å². The fraction of sp³-hybridized carbons (Fsp3) is 0. The molecule has 59 heavy (non-hydrogen) atoms. The molecule has 0 atom stereocenters. The van der Waals surface area contributed by atoms with Gasteiger partial charge in [-0.1, -0.05) is 152 Å². The summed E-state index contributed by atoms with van der Waals surface area (Å²) in [7, 11) is 0. The minimum Gasteiger partial charge on any atom is -0.455 e. The highest BCUT2D eigenvalue weighted by Crippen LogP contribution is 2.46. The number of rotatable bonds is 6. The first-order valence-corrected chi connectivity index (χ1v) is 19.5. The van der Waals surface area contributed by atoms with Crippen molar-refractivity contribution in [2.24, 2.45) is 0 Å². The molecular formula is C56H36N2O. The summed E-state index contributed by atoms with van der Waals surface area (Å²) in [5.41, 5.74) is 4.82. The van der Waals surface area contributed by atoms with E-state index in [4.69, 9.17) is 4.42 Å². The molecule has 0 radical (unpaired) electrons. The molecule has 0 aliphatic carbocycles. The van der Waals surface area contributed by atoms with Gasteiger partial charge in [0.25, 0.3) is 0 Å². The first-order valence-electron chi connectivity index (χ1n) is 23.5. The van der Waals surface area contributed by atoms with Gasteiger partial charge in [-0.25, -0.2) is 0 Å². The van der Waals surface area contributed by atoms with Crippen LogP contribution in [0.15, 0.2) is 223 Å². The SMILES string of the molecule is [2H]c1c([2H])c(-c2cccc3c2c2ccccc2n3-c2ccccc2)c([2H])c(N(c2c([2H])c([2H])c(-c3cccc4ccccc34)c([2H])c2[2H])c2cccc3oc4c5ccccc5ccc4c23)c1[2H]. The molecule has 10 aromatic carbocycles. The molecule has 2 aromatic heterocycles. The Bertz CT molecular complexity index is 4010. The van der Waals surface area contributed by atoms with Crippen LogP contribution in [0.4, 0.5) is 17.1 Å². The molecular weight excluding hydrogens is 717 g/mol. The lowest BCUT2D eigenvalue weighted by molar-refractivity contribution is 0.672. The van der Waals surface area contributed by atoms with Gasteiger partial charge in [-0.15, -0.1) is 0 Å². The number of aromatic nitrogens is 1. The number of anilines is 3. The lowest BCUT2D eigenvalue weighted by atomic mass is 9.97. The highest BCUT2D eigenvalue weighted by Gasteiger charge is 2.22. The molecule has 0 saturated heterocycles. The molecule has 3 heteroatoms. The van der Waals surface area contributed by atoms with Crippen LogP contribution in [0, 0.1) is 0 Å². The van der Waals surface area contributed by atoms with E-state index in [9.17, 15) is 11.0 Å². The van der Waals surface area contributed by atoms with Gasteiger partial charge in [0, 0.05) is 38.6 Å². The van der Waals surface area contributed by atoms with Gasteiger partial charge in [0.1, 0.15) is 11.2 Å². The third-order valence-electron chi connectivity index (χ3n) is 11.3. The molecule has 12 aromatic rings. The van der Waals surface area contributed by atoms with Crippen LogP contribution in [0.5, 0.6) is 0 Å². The Hall–Kier alpha value is -7.88. The fourth-order valence-corrected chi connectivity index (χ4v) is 8.73. The number of para-hydroxylation sites is 2. The third kappa shape index (κ3) is 5.29. The normalized spacial score (nSPS) is 13.6. The van der Waals surface area contributed by atoms with Crippen molar-refractivity contribution in [1.29, 1.82) is 0 Å². The van der Waals surface area contributed by atoms with Crippen LogP contribution in [-0.4, -0.2) is 4.57 Å². The largest absolute Gasteiger partial charge is 0.455 e. The van der Waals surface area contributed by atoms with Crippen LogP contribution in [-0.2, 0) is 0 Å². The Morgan fingerprint density at radius 2 is 1.12 bits per heavy atom. The van der Waals surface area contributed by atoms with Gasteiger partial charge in [0.15, 0.2) is 0 Å². The van der Waals surface area contributed by atoms with E-state index >= 15 is 0 Å². The molecule has 0 N–H and O–H groups in total. The van der Waals surface area contributed by atoms with Crippen molar-refractivity contribution in [3.8, 4) is 27.9 Å². The zero-order valence-corrected chi connectivity index (χ0v) is 31.5. The van der Waals surface area contributed by atoms with Crippen LogP contribution >= 0.6 is 0 Å². The van der Waals surface area contributed by atoms with Gasteiger partial charge in [-0.2, -0.15) is 0 Å². The molecule has 0 aliphatic rings. The zero-order chi connectivity index (χ0) is 45.8. The topological polar surface area (TPSA) is 21.3 Å². The smallest absolute Gasteiger partial charge is 0.143 e. The molecule has 12 rings (SSSR count). The van der Waals surface area contributed by atoms with Crippen molar-refractivity contribution < 1.29 is 15.4 Å². The lowest BCUT2D eigenvalue weighted by Crippen LogP contribution is -2.10. The fourth-order valence-electron chi connectivity index (χ4n) is 8.73. The summed E-state index contributed by atoms with van der Waals surface area (Å²) >= 11 is 0. The lowest BCUT2D eigenvalue weighted by Gasteiger charge is -2.27. The maximum absolute atomic E-state index is 10.3. The highest BCUT2D eigenvalue weighted by atomic mass is 16.3. The molecule has 0 saturated carbocycles. The van der Waals surface area contributed by atoms with Crippen LogP contribution in [0.1, 0.15) is 11.0 Å². The number of hydrogen-bond donors (Lipinski definition) is 0. The highest BCUT2D eigenvalue weighted by molar-refractivity contribution is 6.20. The molecule has 0 bridgehead atoms. The number of benzene rings is 10. The summed E-state index contributed by atoms with van der Waals surface area (Å²) in [4.78, 5) is 1.43.